The number of aromatic nitrogens is 2. The normalized spacial score (nSPS) is 10.5. The number of nitrogens with one attached hydrogen (secondary N) is 2. The zero-order chi connectivity index (χ0) is 19.8. The Kier molecular flexibility index (Phi) is 7.16. The van der Waals surface area contributed by atoms with Crippen molar-refractivity contribution in [3.63, 3.8) is 0 Å². The molecule has 6 nitrogen and oxygen atoms in total. The van der Waals surface area contributed by atoms with Crippen molar-refractivity contribution in [1.82, 2.24) is 15.5 Å². The lowest BCUT2D eigenvalue weighted by Crippen LogP contribution is -2.27. The summed E-state index contributed by atoms with van der Waals surface area (Å²) in [7, 11) is 0. The first-order chi connectivity index (χ1) is 13.6. The fraction of sp³-hybridized carbons (Fsp3) is 0.200. The molecule has 3 aromatic rings. The Morgan fingerprint density at radius 3 is 2.68 bits per heavy atom. The van der Waals surface area contributed by atoms with Gasteiger partial charge in [0.15, 0.2) is 0 Å². The van der Waals surface area contributed by atoms with E-state index in [1.54, 1.807) is 17.8 Å². The van der Waals surface area contributed by atoms with Crippen LogP contribution < -0.4 is 10.6 Å². The van der Waals surface area contributed by atoms with Crippen LogP contribution in [0.25, 0.3) is 0 Å². The number of thioether (sulfide) groups is 1. The van der Waals surface area contributed by atoms with Gasteiger partial charge in [-0.25, -0.2) is 0 Å². The zero-order valence-electron chi connectivity index (χ0n) is 15.3. The molecule has 1 heterocycles. The third kappa shape index (κ3) is 6.17. The molecule has 28 heavy (non-hydrogen) atoms. The highest BCUT2D eigenvalue weighted by molar-refractivity contribution is 7.98. The van der Waals surface area contributed by atoms with E-state index in [1.807, 2.05) is 55.5 Å². The van der Waals surface area contributed by atoms with Crippen LogP contribution in [0.1, 0.15) is 27.3 Å². The fourth-order valence-electron chi connectivity index (χ4n) is 2.38. The maximum absolute atomic E-state index is 12.1. The summed E-state index contributed by atoms with van der Waals surface area (Å²) in [4.78, 5) is 25.3. The Labute approximate surface area is 171 Å². The van der Waals surface area contributed by atoms with E-state index >= 15 is 0 Å². The maximum atomic E-state index is 12.1. The SMILES string of the molecule is Cc1cccc(C(=O)NCCC(=O)Nc2nnc(CSc3ccccc3)s2)c1. The van der Waals surface area contributed by atoms with Crippen LogP contribution in [0, 0.1) is 6.92 Å². The summed E-state index contributed by atoms with van der Waals surface area (Å²) < 4.78 is 0. The molecule has 0 spiro atoms. The van der Waals surface area contributed by atoms with Gasteiger partial charge in [0.25, 0.3) is 5.91 Å². The second kappa shape index (κ2) is 10.0. The number of anilines is 1. The molecule has 0 aliphatic rings. The smallest absolute Gasteiger partial charge is 0.251 e. The van der Waals surface area contributed by atoms with Crippen molar-refractivity contribution in [2.24, 2.45) is 0 Å². The molecule has 0 fully saturated rings. The molecule has 0 atom stereocenters. The van der Waals surface area contributed by atoms with Crippen molar-refractivity contribution in [2.45, 2.75) is 24.0 Å². The number of aryl methyl sites for hydroxylation is 1. The van der Waals surface area contributed by atoms with Gasteiger partial charge in [-0.1, -0.05) is 47.2 Å². The first kappa shape index (κ1) is 20.0. The van der Waals surface area contributed by atoms with Crippen molar-refractivity contribution in [2.75, 3.05) is 11.9 Å². The van der Waals surface area contributed by atoms with E-state index in [2.05, 4.69) is 20.8 Å². The van der Waals surface area contributed by atoms with Crippen LogP contribution in [-0.4, -0.2) is 28.6 Å². The molecular weight excluding hydrogens is 392 g/mol. The number of hydrogen-bond donors (Lipinski definition) is 2. The number of hydrogen-bond acceptors (Lipinski definition) is 6. The average Bonchev–Trinajstić information content (AvgIpc) is 3.14. The average molecular weight is 413 g/mol. The molecule has 0 aliphatic carbocycles. The van der Waals surface area contributed by atoms with Gasteiger partial charge in [0, 0.05) is 23.4 Å². The van der Waals surface area contributed by atoms with Gasteiger partial charge >= 0.3 is 0 Å². The van der Waals surface area contributed by atoms with Gasteiger partial charge in [-0.15, -0.1) is 22.0 Å². The van der Waals surface area contributed by atoms with Crippen LogP contribution in [0.5, 0.6) is 0 Å². The minimum atomic E-state index is -0.206. The van der Waals surface area contributed by atoms with Gasteiger partial charge in [-0.2, -0.15) is 0 Å². The Morgan fingerprint density at radius 2 is 1.89 bits per heavy atom. The molecule has 144 valence electrons. The highest BCUT2D eigenvalue weighted by atomic mass is 32.2. The molecule has 1 aromatic heterocycles. The Balaban J connectivity index is 1.40. The van der Waals surface area contributed by atoms with Crippen molar-refractivity contribution in [3.8, 4) is 0 Å². The topological polar surface area (TPSA) is 84.0 Å². The summed E-state index contributed by atoms with van der Waals surface area (Å²) in [5.74, 6) is 0.306. The summed E-state index contributed by atoms with van der Waals surface area (Å²) >= 11 is 3.03. The largest absolute Gasteiger partial charge is 0.352 e. The molecule has 0 radical (unpaired) electrons. The van der Waals surface area contributed by atoms with Gasteiger partial charge in [0.05, 0.1) is 5.75 Å². The van der Waals surface area contributed by atoms with Crippen molar-refractivity contribution < 1.29 is 9.59 Å². The Morgan fingerprint density at radius 1 is 1.07 bits per heavy atom. The van der Waals surface area contributed by atoms with Crippen LogP contribution in [-0.2, 0) is 10.5 Å². The zero-order valence-corrected chi connectivity index (χ0v) is 17.0. The molecule has 2 amide bonds. The van der Waals surface area contributed by atoms with Crippen LogP contribution >= 0.6 is 23.1 Å². The highest BCUT2D eigenvalue weighted by Crippen LogP contribution is 2.25. The molecule has 0 saturated heterocycles. The van der Waals surface area contributed by atoms with E-state index in [0.717, 1.165) is 15.5 Å². The lowest BCUT2D eigenvalue weighted by Gasteiger charge is -2.05. The van der Waals surface area contributed by atoms with E-state index in [-0.39, 0.29) is 24.8 Å². The minimum Gasteiger partial charge on any atom is -0.352 e. The van der Waals surface area contributed by atoms with Gasteiger partial charge in [-0.05, 0) is 31.2 Å². The third-order valence-electron chi connectivity index (χ3n) is 3.74. The standard InChI is InChI=1S/C20H20N4O2S2/c1-14-6-5-7-15(12-14)19(26)21-11-10-17(25)22-20-24-23-18(28-20)13-27-16-8-3-2-4-9-16/h2-9,12H,10-11,13H2,1H3,(H,21,26)(H,22,24,25). The monoisotopic (exact) mass is 412 g/mol. The number of benzene rings is 2. The molecule has 8 heteroatoms. The quantitative estimate of drug-likeness (QED) is 0.548. The summed E-state index contributed by atoms with van der Waals surface area (Å²) in [5.41, 5.74) is 1.60. The van der Waals surface area contributed by atoms with E-state index < -0.39 is 0 Å². The maximum Gasteiger partial charge on any atom is 0.251 e. The summed E-state index contributed by atoms with van der Waals surface area (Å²) in [5, 5.41) is 14.9. The minimum absolute atomic E-state index is 0.172. The van der Waals surface area contributed by atoms with Crippen LogP contribution in [0.15, 0.2) is 59.5 Å². The van der Waals surface area contributed by atoms with Gasteiger partial charge in [-0.3, -0.25) is 9.59 Å². The molecule has 0 unspecified atom stereocenters. The lowest BCUT2D eigenvalue weighted by atomic mass is 10.1. The third-order valence-corrected chi connectivity index (χ3v) is 5.78. The van der Waals surface area contributed by atoms with E-state index in [0.29, 0.717) is 16.4 Å². The molecule has 0 bridgehead atoms. The highest BCUT2D eigenvalue weighted by Gasteiger charge is 2.10. The number of rotatable bonds is 8. The van der Waals surface area contributed by atoms with E-state index in [4.69, 9.17) is 0 Å². The molecule has 0 saturated carbocycles. The van der Waals surface area contributed by atoms with Crippen molar-refractivity contribution >= 4 is 40.0 Å². The van der Waals surface area contributed by atoms with Crippen molar-refractivity contribution in [3.05, 3.63) is 70.7 Å². The predicted octanol–water partition coefficient (Wildman–Crippen LogP) is 3.90. The van der Waals surface area contributed by atoms with Gasteiger partial charge in [0.2, 0.25) is 11.0 Å². The van der Waals surface area contributed by atoms with Crippen LogP contribution in [0.2, 0.25) is 0 Å². The number of carbonyl (C=O) groups is 2. The summed E-state index contributed by atoms with van der Waals surface area (Å²) in [6.07, 6.45) is 0.172. The number of nitrogens with zero attached hydrogens (tertiary/aromatic N) is 2. The summed E-state index contributed by atoms with van der Waals surface area (Å²) in [6.45, 7) is 2.19. The number of amides is 2. The Bertz CT molecular complexity index is 944. The predicted molar refractivity (Wildman–Crippen MR) is 113 cm³/mol. The van der Waals surface area contributed by atoms with E-state index in [1.165, 1.54) is 11.3 Å². The fourth-order valence-corrected chi connectivity index (χ4v) is 4.05. The Hall–Kier alpha value is -2.71. The van der Waals surface area contributed by atoms with Gasteiger partial charge < -0.3 is 10.6 Å². The molecule has 2 N–H and O–H groups in total. The molecule has 3 rings (SSSR count). The molecule has 2 aromatic carbocycles. The molecule has 0 aliphatic heterocycles. The van der Waals surface area contributed by atoms with Crippen molar-refractivity contribution in [1.29, 1.82) is 0 Å². The second-order valence-electron chi connectivity index (χ2n) is 6.03. The first-order valence-corrected chi connectivity index (χ1v) is 10.6. The second-order valence-corrected chi connectivity index (χ2v) is 8.14. The van der Waals surface area contributed by atoms with Crippen LogP contribution in [0.4, 0.5) is 5.13 Å². The lowest BCUT2D eigenvalue weighted by molar-refractivity contribution is -0.116. The summed E-state index contributed by atoms with van der Waals surface area (Å²) in [6, 6.07) is 17.4. The number of carbonyl (C=O) groups excluding carboxylic acids is 2. The molecular formula is C20H20N4O2S2. The van der Waals surface area contributed by atoms with E-state index in [9.17, 15) is 9.59 Å². The van der Waals surface area contributed by atoms with Gasteiger partial charge in [0.1, 0.15) is 5.01 Å². The van der Waals surface area contributed by atoms with Crippen LogP contribution in [0.3, 0.4) is 0 Å². The first-order valence-electron chi connectivity index (χ1n) is 8.75.